The molecule has 1 aromatic carbocycles. The number of hydrogen-bond donors (Lipinski definition) is 0. The number of para-hydroxylation sites is 1. The number of rotatable bonds is 4. The van der Waals surface area contributed by atoms with E-state index in [-0.39, 0.29) is 5.91 Å². The van der Waals surface area contributed by atoms with Gasteiger partial charge in [0.1, 0.15) is 0 Å². The largest absolute Gasteiger partial charge is 0.378 e. The molecule has 4 atom stereocenters. The molecule has 0 aromatic heterocycles. The maximum absolute atomic E-state index is 13.3. The van der Waals surface area contributed by atoms with Crippen LogP contribution in [0.2, 0.25) is 0 Å². The number of carbonyl (C=O) groups is 1. The minimum Gasteiger partial charge on any atom is -0.378 e. The summed E-state index contributed by atoms with van der Waals surface area (Å²) in [7, 11) is 6.40. The van der Waals surface area contributed by atoms with E-state index in [2.05, 4.69) is 30.0 Å². The lowest BCUT2D eigenvalue weighted by Crippen LogP contribution is -2.40. The molecule has 1 aliphatic heterocycles. The Morgan fingerprint density at radius 3 is 2.19 bits per heavy atom. The molecule has 3 aliphatic rings. The van der Waals surface area contributed by atoms with E-state index in [0.717, 1.165) is 68.3 Å². The van der Waals surface area contributed by atoms with Crippen LogP contribution in [0.25, 0.3) is 0 Å². The van der Waals surface area contributed by atoms with Crippen molar-refractivity contribution < 1.29 is 9.53 Å². The van der Waals surface area contributed by atoms with Crippen molar-refractivity contribution in [2.75, 3.05) is 52.3 Å². The van der Waals surface area contributed by atoms with Crippen molar-refractivity contribution in [3.05, 3.63) is 29.8 Å². The Bertz CT molecular complexity index is 657. The van der Waals surface area contributed by atoms with E-state index >= 15 is 0 Å². The number of morpholine rings is 1. The molecule has 27 heavy (non-hydrogen) atoms. The molecule has 1 saturated heterocycles. The van der Waals surface area contributed by atoms with Crippen LogP contribution < -0.4 is 4.90 Å². The second kappa shape index (κ2) is 7.80. The Morgan fingerprint density at radius 2 is 1.56 bits per heavy atom. The summed E-state index contributed by atoms with van der Waals surface area (Å²) < 4.78 is 5.48. The Morgan fingerprint density at radius 1 is 0.963 bits per heavy atom. The fourth-order valence-corrected chi connectivity index (χ4v) is 5.38. The van der Waals surface area contributed by atoms with Gasteiger partial charge < -0.3 is 19.4 Å². The molecule has 148 valence electrons. The highest BCUT2D eigenvalue weighted by Crippen LogP contribution is 2.46. The fraction of sp³-hybridized carbons (Fsp3) is 0.682. The zero-order valence-electron chi connectivity index (χ0n) is 16.9. The lowest BCUT2D eigenvalue weighted by molar-refractivity contribution is 0.0725. The highest BCUT2D eigenvalue weighted by molar-refractivity contribution is 5.99. The van der Waals surface area contributed by atoms with E-state index in [1.165, 1.54) is 12.8 Å². The average Bonchev–Trinajstić information content (AvgIpc) is 3.27. The van der Waals surface area contributed by atoms with Crippen LogP contribution in [-0.4, -0.2) is 75.2 Å². The molecule has 2 saturated carbocycles. The predicted molar refractivity (Wildman–Crippen MR) is 108 cm³/mol. The standard InChI is InChI=1S/C22H33N3O2/c1-23(2)18-12-16-14-19(15-17(16)13-18)24(3)22(26)20-6-4-5-7-21(20)25-8-10-27-11-9-25/h4-7,16-19H,8-15H2,1-3H3/t16-,17+,18?,19?. The van der Waals surface area contributed by atoms with Crippen LogP contribution in [0, 0.1) is 11.8 Å². The molecular formula is C22H33N3O2. The SMILES string of the molecule is CN(C)C1C[C@@H]2CC(N(C)C(=O)c3ccccc3N3CCOCC3)C[C@@H]2C1. The molecule has 1 amide bonds. The van der Waals surface area contributed by atoms with Crippen LogP contribution >= 0.6 is 0 Å². The molecule has 3 fully saturated rings. The maximum Gasteiger partial charge on any atom is 0.255 e. The Hall–Kier alpha value is -1.59. The minimum atomic E-state index is 0.172. The lowest BCUT2D eigenvalue weighted by Gasteiger charge is -2.32. The molecule has 1 heterocycles. The smallest absolute Gasteiger partial charge is 0.255 e. The normalized spacial score (nSPS) is 30.6. The topological polar surface area (TPSA) is 36.0 Å². The number of anilines is 1. The van der Waals surface area contributed by atoms with Crippen molar-refractivity contribution in [3.8, 4) is 0 Å². The number of nitrogens with zero attached hydrogens (tertiary/aromatic N) is 3. The maximum atomic E-state index is 13.3. The average molecular weight is 372 g/mol. The molecule has 0 spiro atoms. The predicted octanol–water partition coefficient (Wildman–Crippen LogP) is 2.71. The van der Waals surface area contributed by atoms with E-state index in [1.807, 2.05) is 30.1 Å². The van der Waals surface area contributed by atoms with Crippen molar-refractivity contribution in [2.24, 2.45) is 11.8 Å². The van der Waals surface area contributed by atoms with Gasteiger partial charge in [-0.1, -0.05) is 12.1 Å². The molecule has 0 N–H and O–H groups in total. The van der Waals surface area contributed by atoms with E-state index in [1.54, 1.807) is 0 Å². The van der Waals surface area contributed by atoms with E-state index in [9.17, 15) is 4.79 Å². The van der Waals surface area contributed by atoms with Gasteiger partial charge in [0.2, 0.25) is 0 Å². The summed E-state index contributed by atoms with van der Waals surface area (Å²) in [4.78, 5) is 20.0. The molecule has 5 nitrogen and oxygen atoms in total. The Labute approximate surface area is 163 Å². The first kappa shape index (κ1) is 18.8. The van der Waals surface area contributed by atoms with Crippen LogP contribution in [0.4, 0.5) is 5.69 Å². The van der Waals surface area contributed by atoms with Crippen LogP contribution in [-0.2, 0) is 4.74 Å². The van der Waals surface area contributed by atoms with E-state index in [4.69, 9.17) is 4.74 Å². The zero-order valence-corrected chi connectivity index (χ0v) is 16.9. The summed E-state index contributed by atoms with van der Waals surface area (Å²) in [5.74, 6) is 1.74. The van der Waals surface area contributed by atoms with Gasteiger partial charge in [0.25, 0.3) is 5.91 Å². The lowest BCUT2D eigenvalue weighted by atomic mass is 10.0. The minimum absolute atomic E-state index is 0.172. The number of amides is 1. The first-order valence-corrected chi connectivity index (χ1v) is 10.4. The monoisotopic (exact) mass is 371 g/mol. The van der Waals surface area contributed by atoms with Crippen molar-refractivity contribution in [1.29, 1.82) is 0 Å². The third-order valence-electron chi connectivity index (χ3n) is 7.05. The number of fused-ring (bicyclic) bond motifs is 1. The summed E-state index contributed by atoms with van der Waals surface area (Å²) in [6.07, 6.45) is 4.91. The second-order valence-corrected chi connectivity index (χ2v) is 8.77. The molecular weight excluding hydrogens is 338 g/mol. The molecule has 0 radical (unpaired) electrons. The zero-order chi connectivity index (χ0) is 19.0. The van der Waals surface area contributed by atoms with Crippen molar-refractivity contribution >= 4 is 11.6 Å². The van der Waals surface area contributed by atoms with Crippen molar-refractivity contribution in [2.45, 2.75) is 37.8 Å². The van der Waals surface area contributed by atoms with Gasteiger partial charge in [-0.3, -0.25) is 4.79 Å². The second-order valence-electron chi connectivity index (χ2n) is 8.77. The summed E-state index contributed by atoms with van der Waals surface area (Å²) in [5, 5.41) is 0. The molecule has 0 bridgehead atoms. The third-order valence-corrected chi connectivity index (χ3v) is 7.05. The summed E-state index contributed by atoms with van der Waals surface area (Å²) in [5.41, 5.74) is 1.90. The van der Waals surface area contributed by atoms with Crippen LogP contribution in [0.15, 0.2) is 24.3 Å². The van der Waals surface area contributed by atoms with Gasteiger partial charge in [-0.15, -0.1) is 0 Å². The van der Waals surface area contributed by atoms with Crippen LogP contribution in [0.5, 0.6) is 0 Å². The summed E-state index contributed by atoms with van der Waals surface area (Å²) in [6.45, 7) is 3.18. The summed E-state index contributed by atoms with van der Waals surface area (Å²) in [6, 6.07) is 9.19. The Balaban J connectivity index is 1.45. The van der Waals surface area contributed by atoms with Gasteiger partial charge in [-0.2, -0.15) is 0 Å². The van der Waals surface area contributed by atoms with Gasteiger partial charge in [-0.05, 0) is 63.7 Å². The number of ether oxygens (including phenoxy) is 1. The van der Waals surface area contributed by atoms with Gasteiger partial charge in [0.15, 0.2) is 0 Å². The van der Waals surface area contributed by atoms with Gasteiger partial charge in [0.05, 0.1) is 18.8 Å². The fourth-order valence-electron chi connectivity index (χ4n) is 5.38. The number of carbonyl (C=O) groups excluding carboxylic acids is 1. The molecule has 1 aromatic rings. The molecule has 5 heteroatoms. The van der Waals surface area contributed by atoms with Gasteiger partial charge in [-0.25, -0.2) is 0 Å². The summed E-state index contributed by atoms with van der Waals surface area (Å²) >= 11 is 0. The van der Waals surface area contributed by atoms with Crippen LogP contribution in [0.1, 0.15) is 36.0 Å². The molecule has 2 aliphatic carbocycles. The quantitative estimate of drug-likeness (QED) is 0.815. The van der Waals surface area contributed by atoms with E-state index < -0.39 is 0 Å². The van der Waals surface area contributed by atoms with Crippen molar-refractivity contribution in [1.82, 2.24) is 9.80 Å². The third kappa shape index (κ3) is 3.72. The van der Waals surface area contributed by atoms with E-state index in [0.29, 0.717) is 6.04 Å². The number of hydrogen-bond acceptors (Lipinski definition) is 4. The first-order chi connectivity index (χ1) is 13.0. The van der Waals surface area contributed by atoms with Gasteiger partial charge >= 0.3 is 0 Å². The molecule has 4 rings (SSSR count). The van der Waals surface area contributed by atoms with Crippen LogP contribution in [0.3, 0.4) is 0 Å². The highest BCUT2D eigenvalue weighted by atomic mass is 16.5. The first-order valence-electron chi connectivity index (χ1n) is 10.4. The van der Waals surface area contributed by atoms with Gasteiger partial charge in [0, 0.05) is 37.9 Å². The molecule has 2 unspecified atom stereocenters. The van der Waals surface area contributed by atoms with Crippen molar-refractivity contribution in [3.63, 3.8) is 0 Å². The Kier molecular flexibility index (Phi) is 5.42. The highest BCUT2D eigenvalue weighted by Gasteiger charge is 2.44. The number of benzene rings is 1.